The first-order chi connectivity index (χ1) is 10.0. The van der Waals surface area contributed by atoms with Gasteiger partial charge in [-0.2, -0.15) is 0 Å². The molecule has 0 spiro atoms. The second kappa shape index (κ2) is 6.81. The molecule has 1 aromatic heterocycles. The Morgan fingerprint density at radius 1 is 1.24 bits per heavy atom. The molecule has 1 heterocycles. The zero-order chi connectivity index (χ0) is 15.2. The topological polar surface area (TPSA) is 79.3 Å². The van der Waals surface area contributed by atoms with Crippen LogP contribution in [0, 0.1) is 0 Å². The lowest BCUT2D eigenvalue weighted by Gasteiger charge is -2.01. The monoisotopic (exact) mass is 346 g/mol. The number of carbonyl (C=O) groups excluding carboxylic acids is 1. The van der Waals surface area contributed by atoms with E-state index in [0.717, 1.165) is 10.0 Å². The molecule has 106 valence electrons. The van der Waals surface area contributed by atoms with E-state index in [2.05, 4.69) is 26.2 Å². The van der Waals surface area contributed by atoms with Crippen molar-refractivity contribution in [1.29, 1.82) is 0 Å². The zero-order valence-electron chi connectivity index (χ0n) is 10.8. The number of carboxylic acids is 1. The zero-order valence-corrected chi connectivity index (χ0v) is 12.4. The van der Waals surface area contributed by atoms with E-state index in [1.54, 1.807) is 6.08 Å². The van der Waals surface area contributed by atoms with Crippen molar-refractivity contribution in [2.45, 2.75) is 0 Å². The SMILES string of the molecule is O=C(/C=C/c1cccc(Br)c1)Nc1ccc(C(=O)O)cn1. The Kier molecular flexibility index (Phi) is 4.84. The van der Waals surface area contributed by atoms with Gasteiger partial charge in [0.2, 0.25) is 5.91 Å². The quantitative estimate of drug-likeness (QED) is 0.833. The molecule has 0 aliphatic heterocycles. The Morgan fingerprint density at radius 3 is 2.67 bits per heavy atom. The summed E-state index contributed by atoms with van der Waals surface area (Å²) >= 11 is 3.35. The van der Waals surface area contributed by atoms with Crippen LogP contribution in [0.3, 0.4) is 0 Å². The van der Waals surface area contributed by atoms with E-state index in [4.69, 9.17) is 5.11 Å². The second-order valence-electron chi connectivity index (χ2n) is 4.11. The number of aromatic nitrogens is 1. The number of rotatable bonds is 4. The number of nitrogens with zero attached hydrogens (tertiary/aromatic N) is 1. The Bertz CT molecular complexity index is 696. The predicted octanol–water partition coefficient (Wildman–Crippen LogP) is 3.19. The van der Waals surface area contributed by atoms with Crippen molar-refractivity contribution in [2.24, 2.45) is 0 Å². The van der Waals surface area contributed by atoms with Gasteiger partial charge in [-0.1, -0.05) is 28.1 Å². The number of carboxylic acid groups (broad SMARTS) is 1. The molecule has 2 rings (SSSR count). The molecule has 0 aliphatic rings. The number of nitrogens with one attached hydrogen (secondary N) is 1. The van der Waals surface area contributed by atoms with Crippen molar-refractivity contribution in [3.63, 3.8) is 0 Å². The lowest BCUT2D eigenvalue weighted by Crippen LogP contribution is -2.09. The summed E-state index contributed by atoms with van der Waals surface area (Å²) < 4.78 is 0.927. The van der Waals surface area contributed by atoms with Crippen LogP contribution in [-0.2, 0) is 4.79 Å². The van der Waals surface area contributed by atoms with E-state index in [1.807, 2.05) is 24.3 Å². The minimum Gasteiger partial charge on any atom is -0.478 e. The van der Waals surface area contributed by atoms with Crippen molar-refractivity contribution >= 4 is 39.7 Å². The molecule has 0 bridgehead atoms. The molecule has 2 N–H and O–H groups in total. The molecule has 5 nitrogen and oxygen atoms in total. The molecule has 21 heavy (non-hydrogen) atoms. The number of amides is 1. The number of aromatic carboxylic acids is 1. The van der Waals surface area contributed by atoms with Crippen LogP contribution in [0.4, 0.5) is 5.82 Å². The lowest BCUT2D eigenvalue weighted by molar-refractivity contribution is -0.111. The Labute approximate surface area is 129 Å². The summed E-state index contributed by atoms with van der Waals surface area (Å²) in [6, 6.07) is 10.3. The van der Waals surface area contributed by atoms with Gasteiger partial charge in [-0.05, 0) is 35.9 Å². The summed E-state index contributed by atoms with van der Waals surface area (Å²) in [5, 5.41) is 11.3. The molecule has 6 heteroatoms. The summed E-state index contributed by atoms with van der Waals surface area (Å²) in [6.07, 6.45) is 4.25. The van der Waals surface area contributed by atoms with Gasteiger partial charge in [-0.15, -0.1) is 0 Å². The molecule has 2 aromatic rings. The smallest absolute Gasteiger partial charge is 0.337 e. The third kappa shape index (κ3) is 4.54. The molecule has 0 saturated carbocycles. The molecule has 0 fully saturated rings. The molecular formula is C15H11BrN2O3. The van der Waals surface area contributed by atoms with E-state index in [0.29, 0.717) is 5.82 Å². The van der Waals surface area contributed by atoms with Gasteiger partial charge in [0.1, 0.15) is 5.82 Å². The molecule has 0 unspecified atom stereocenters. The number of benzene rings is 1. The highest BCUT2D eigenvalue weighted by atomic mass is 79.9. The summed E-state index contributed by atoms with van der Waals surface area (Å²) in [4.78, 5) is 26.3. The molecule has 0 radical (unpaired) electrons. The van der Waals surface area contributed by atoms with Gasteiger partial charge in [0.05, 0.1) is 5.56 Å². The third-order valence-corrected chi connectivity index (χ3v) is 3.03. The van der Waals surface area contributed by atoms with Crippen molar-refractivity contribution < 1.29 is 14.7 Å². The van der Waals surface area contributed by atoms with Crippen molar-refractivity contribution in [2.75, 3.05) is 5.32 Å². The highest BCUT2D eigenvalue weighted by Crippen LogP contribution is 2.13. The standard InChI is InChI=1S/C15H11BrN2O3/c16-12-3-1-2-10(8-12)4-7-14(19)18-13-6-5-11(9-17-13)15(20)21/h1-9H,(H,20,21)(H,17,18,19)/b7-4+. The third-order valence-electron chi connectivity index (χ3n) is 2.54. The first-order valence-corrected chi connectivity index (χ1v) is 6.78. The lowest BCUT2D eigenvalue weighted by atomic mass is 10.2. The summed E-state index contributed by atoms with van der Waals surface area (Å²) in [5.41, 5.74) is 0.950. The first kappa shape index (κ1) is 14.9. The average molecular weight is 347 g/mol. The maximum absolute atomic E-state index is 11.7. The van der Waals surface area contributed by atoms with Gasteiger partial charge in [-0.25, -0.2) is 9.78 Å². The van der Waals surface area contributed by atoms with E-state index in [9.17, 15) is 9.59 Å². The fourth-order valence-corrected chi connectivity index (χ4v) is 1.96. The molecule has 0 aliphatic carbocycles. The number of carbonyl (C=O) groups is 2. The molecular weight excluding hydrogens is 336 g/mol. The number of anilines is 1. The van der Waals surface area contributed by atoms with Crippen LogP contribution in [0.25, 0.3) is 6.08 Å². The minimum atomic E-state index is -1.06. The van der Waals surface area contributed by atoms with Crippen LogP contribution in [0.5, 0.6) is 0 Å². The highest BCUT2D eigenvalue weighted by molar-refractivity contribution is 9.10. The van der Waals surface area contributed by atoms with E-state index >= 15 is 0 Å². The summed E-state index contributed by atoms with van der Waals surface area (Å²) in [7, 11) is 0. The Hall–Kier alpha value is -2.47. The van der Waals surface area contributed by atoms with Crippen LogP contribution < -0.4 is 5.32 Å². The molecule has 0 atom stereocenters. The van der Waals surface area contributed by atoms with Gasteiger partial charge in [0.15, 0.2) is 0 Å². The van der Waals surface area contributed by atoms with Crippen LogP contribution in [0.2, 0.25) is 0 Å². The maximum atomic E-state index is 11.7. The average Bonchev–Trinajstić information content (AvgIpc) is 2.46. The van der Waals surface area contributed by atoms with Crippen molar-refractivity contribution in [3.8, 4) is 0 Å². The molecule has 1 amide bonds. The second-order valence-corrected chi connectivity index (χ2v) is 5.03. The van der Waals surface area contributed by atoms with Gasteiger partial charge < -0.3 is 10.4 Å². The van der Waals surface area contributed by atoms with Gasteiger partial charge in [-0.3, -0.25) is 4.79 Å². The maximum Gasteiger partial charge on any atom is 0.337 e. The summed E-state index contributed by atoms with van der Waals surface area (Å²) in [5.74, 6) is -1.11. The van der Waals surface area contributed by atoms with Crippen LogP contribution in [0.1, 0.15) is 15.9 Å². The van der Waals surface area contributed by atoms with E-state index in [-0.39, 0.29) is 11.5 Å². The predicted molar refractivity (Wildman–Crippen MR) is 83.0 cm³/mol. The number of halogens is 1. The number of hydrogen-bond acceptors (Lipinski definition) is 3. The number of hydrogen-bond donors (Lipinski definition) is 2. The van der Waals surface area contributed by atoms with Gasteiger partial charge in [0.25, 0.3) is 0 Å². The fraction of sp³-hybridized carbons (Fsp3) is 0. The van der Waals surface area contributed by atoms with Gasteiger partial charge >= 0.3 is 5.97 Å². The first-order valence-electron chi connectivity index (χ1n) is 5.98. The molecule has 0 saturated heterocycles. The number of pyridine rings is 1. The fourth-order valence-electron chi connectivity index (χ4n) is 1.54. The van der Waals surface area contributed by atoms with Crippen molar-refractivity contribution in [1.82, 2.24) is 4.98 Å². The van der Waals surface area contributed by atoms with E-state index < -0.39 is 5.97 Å². The highest BCUT2D eigenvalue weighted by Gasteiger charge is 2.04. The van der Waals surface area contributed by atoms with Gasteiger partial charge in [0, 0.05) is 16.7 Å². The minimum absolute atomic E-state index is 0.0673. The normalized spacial score (nSPS) is 10.5. The van der Waals surface area contributed by atoms with Crippen LogP contribution in [-0.4, -0.2) is 22.0 Å². The Morgan fingerprint density at radius 2 is 2.05 bits per heavy atom. The Balaban J connectivity index is 1.99. The largest absolute Gasteiger partial charge is 0.478 e. The van der Waals surface area contributed by atoms with Crippen molar-refractivity contribution in [3.05, 3.63) is 64.3 Å². The van der Waals surface area contributed by atoms with Crippen LogP contribution >= 0.6 is 15.9 Å². The molecule has 1 aromatic carbocycles. The summed E-state index contributed by atoms with van der Waals surface area (Å²) in [6.45, 7) is 0. The van der Waals surface area contributed by atoms with Crippen LogP contribution in [0.15, 0.2) is 53.1 Å². The van der Waals surface area contributed by atoms with E-state index in [1.165, 1.54) is 24.4 Å².